The Morgan fingerprint density at radius 3 is 1.46 bits per heavy atom. The summed E-state index contributed by atoms with van der Waals surface area (Å²) in [6, 6.07) is 0. The Balaban J connectivity index is 2.87. The van der Waals surface area contributed by atoms with Crippen LogP contribution in [0.3, 0.4) is 0 Å². The number of aliphatic imine (C=N–C) groups is 2. The monoisotopic (exact) mass is 324 g/mol. The molecule has 0 aromatic carbocycles. The fraction of sp³-hybridized carbons (Fsp3) is 0.600. The largest absolute Gasteiger partial charge is 0.206 e. The lowest BCUT2D eigenvalue weighted by molar-refractivity contribution is 0.667. The number of nitriles is 2. The van der Waals surface area contributed by atoms with Crippen LogP contribution in [0, 0.1) is 22.9 Å². The lowest BCUT2D eigenvalue weighted by Crippen LogP contribution is -2.14. The molecule has 0 heterocycles. The Labute approximate surface area is 146 Å². The zero-order valence-electron chi connectivity index (χ0n) is 15.0. The smallest absolute Gasteiger partial charge is 0.173 e. The van der Waals surface area contributed by atoms with E-state index in [1.54, 1.807) is 0 Å². The molecule has 0 unspecified atom stereocenters. The first-order valence-electron chi connectivity index (χ1n) is 9.12. The molecule has 0 aromatic heterocycles. The number of allylic oxidation sites excluding steroid dienone is 4. The molecule has 0 N–H and O–H groups in total. The lowest BCUT2D eigenvalue weighted by Gasteiger charge is -2.17. The van der Waals surface area contributed by atoms with E-state index in [-0.39, 0.29) is 0 Å². The van der Waals surface area contributed by atoms with Crippen LogP contribution in [-0.2, 0) is 0 Å². The minimum absolute atomic E-state index is 0.747. The van der Waals surface area contributed by atoms with E-state index < -0.39 is 0 Å². The summed E-state index contributed by atoms with van der Waals surface area (Å²) in [5, 5.41) is 17.9. The van der Waals surface area contributed by atoms with E-state index in [1.807, 2.05) is 24.5 Å². The van der Waals surface area contributed by atoms with Crippen molar-refractivity contribution in [1.82, 2.24) is 0 Å². The number of hydrogen-bond donors (Lipinski definition) is 0. The Morgan fingerprint density at radius 1 is 0.708 bits per heavy atom. The van der Waals surface area contributed by atoms with Crippen LogP contribution in [-0.4, -0.2) is 11.4 Å². The summed E-state index contributed by atoms with van der Waals surface area (Å²) in [6.45, 7) is 4.38. The van der Waals surface area contributed by atoms with Crippen molar-refractivity contribution in [2.24, 2.45) is 9.98 Å². The van der Waals surface area contributed by atoms with Crippen molar-refractivity contribution in [2.45, 2.75) is 78.1 Å². The Morgan fingerprint density at radius 2 is 1.12 bits per heavy atom. The predicted octanol–water partition coefficient (Wildman–Crippen LogP) is 5.64. The first-order chi connectivity index (χ1) is 11.8. The van der Waals surface area contributed by atoms with Crippen LogP contribution < -0.4 is 0 Å². The molecule has 0 bridgehead atoms. The molecule has 4 nitrogen and oxygen atoms in total. The quantitative estimate of drug-likeness (QED) is 0.296. The van der Waals surface area contributed by atoms with Crippen molar-refractivity contribution in [2.75, 3.05) is 0 Å². The summed E-state index contributed by atoms with van der Waals surface area (Å²) in [4.78, 5) is 7.99. The molecule has 0 radical (unpaired) electrons. The first kappa shape index (κ1) is 19.8. The molecule has 1 aliphatic carbocycles. The van der Waals surface area contributed by atoms with Gasteiger partial charge in [-0.2, -0.15) is 20.5 Å². The van der Waals surface area contributed by atoms with Crippen LogP contribution in [0.2, 0.25) is 0 Å². The van der Waals surface area contributed by atoms with Crippen molar-refractivity contribution in [3.63, 3.8) is 0 Å². The highest BCUT2D eigenvalue weighted by atomic mass is 14.8. The van der Waals surface area contributed by atoms with Gasteiger partial charge in [0.05, 0.1) is 11.4 Å². The third-order valence-electron chi connectivity index (χ3n) is 4.22. The summed E-state index contributed by atoms with van der Waals surface area (Å²) < 4.78 is 0. The molecule has 128 valence electrons. The summed E-state index contributed by atoms with van der Waals surface area (Å²) in [5.74, 6) is 0. The highest BCUT2D eigenvalue weighted by Gasteiger charge is 2.17. The second-order valence-corrected chi connectivity index (χ2v) is 6.15. The van der Waals surface area contributed by atoms with E-state index in [0.717, 1.165) is 48.3 Å². The van der Waals surface area contributed by atoms with E-state index in [2.05, 4.69) is 23.8 Å². The third-order valence-corrected chi connectivity index (χ3v) is 4.22. The Kier molecular flexibility index (Phi) is 10.1. The summed E-state index contributed by atoms with van der Waals surface area (Å²) in [6.07, 6.45) is 18.8. The van der Waals surface area contributed by atoms with E-state index >= 15 is 0 Å². The normalized spacial score (nSPS) is 17.3. The van der Waals surface area contributed by atoms with E-state index in [9.17, 15) is 0 Å². The van der Waals surface area contributed by atoms with Crippen LogP contribution in [0.15, 0.2) is 33.3 Å². The minimum atomic E-state index is 0.747. The van der Waals surface area contributed by atoms with E-state index in [0.29, 0.717) is 0 Å². The van der Waals surface area contributed by atoms with Crippen LogP contribution >= 0.6 is 0 Å². The van der Waals surface area contributed by atoms with Gasteiger partial charge in [-0.1, -0.05) is 52.4 Å². The van der Waals surface area contributed by atoms with Gasteiger partial charge in [0.15, 0.2) is 0 Å². The average Bonchev–Trinajstić information content (AvgIpc) is 2.58. The molecular formula is C20H28N4. The second-order valence-electron chi connectivity index (χ2n) is 6.15. The molecule has 24 heavy (non-hydrogen) atoms. The van der Waals surface area contributed by atoms with Crippen LogP contribution in [0.25, 0.3) is 0 Å². The van der Waals surface area contributed by atoms with E-state index in [1.165, 1.54) is 38.5 Å². The van der Waals surface area contributed by atoms with Gasteiger partial charge in [-0.05, 0) is 49.0 Å². The lowest BCUT2D eigenvalue weighted by atomic mass is 9.89. The molecule has 0 amide bonds. The maximum atomic E-state index is 8.97. The fourth-order valence-corrected chi connectivity index (χ4v) is 2.86. The van der Waals surface area contributed by atoms with Crippen molar-refractivity contribution >= 4 is 11.4 Å². The fourth-order valence-electron chi connectivity index (χ4n) is 2.86. The molecule has 1 rings (SSSR count). The molecule has 4 heteroatoms. The van der Waals surface area contributed by atoms with Crippen molar-refractivity contribution in [3.05, 3.63) is 23.3 Å². The predicted molar refractivity (Wildman–Crippen MR) is 99.8 cm³/mol. The zero-order chi connectivity index (χ0) is 17.6. The summed E-state index contributed by atoms with van der Waals surface area (Å²) >= 11 is 0. The Hall–Kier alpha value is -2.20. The summed E-state index contributed by atoms with van der Waals surface area (Å²) in [7, 11) is 0. The Bertz CT molecular complexity index is 540. The molecule has 0 spiro atoms. The molecular weight excluding hydrogens is 296 g/mol. The molecule has 0 aromatic rings. The molecule has 0 aliphatic heterocycles. The van der Waals surface area contributed by atoms with Crippen molar-refractivity contribution in [3.8, 4) is 12.4 Å². The number of unbranched alkanes of at least 4 members (excludes halogenated alkanes) is 6. The summed E-state index contributed by atoms with van der Waals surface area (Å²) in [5.41, 5.74) is 3.55. The third kappa shape index (κ3) is 6.92. The standard InChI is InChI=1S/C20H28N4/c1-3-5-7-9-11-17-13-20(24-16-22)18(12-10-8-6-4-2)14-19(17)23-15-21/h13-14H,3-12H2,1-2H3. The average molecular weight is 324 g/mol. The van der Waals surface area contributed by atoms with Gasteiger partial charge in [-0.3, -0.25) is 0 Å². The number of rotatable bonds is 10. The maximum absolute atomic E-state index is 8.97. The van der Waals surface area contributed by atoms with Gasteiger partial charge in [0.1, 0.15) is 0 Å². The van der Waals surface area contributed by atoms with Gasteiger partial charge >= 0.3 is 0 Å². The maximum Gasteiger partial charge on any atom is 0.206 e. The molecule has 0 saturated heterocycles. The van der Waals surface area contributed by atoms with Crippen LogP contribution in [0.4, 0.5) is 0 Å². The first-order valence-corrected chi connectivity index (χ1v) is 9.12. The van der Waals surface area contributed by atoms with Crippen LogP contribution in [0.1, 0.15) is 78.1 Å². The van der Waals surface area contributed by atoms with Gasteiger partial charge in [0.2, 0.25) is 12.4 Å². The highest BCUT2D eigenvalue weighted by molar-refractivity contribution is 6.24. The van der Waals surface area contributed by atoms with Gasteiger partial charge in [0.25, 0.3) is 0 Å². The van der Waals surface area contributed by atoms with Gasteiger partial charge in [-0.25, -0.2) is 0 Å². The minimum Gasteiger partial charge on any atom is -0.173 e. The topological polar surface area (TPSA) is 72.3 Å². The second kappa shape index (κ2) is 12.3. The molecule has 0 fully saturated rings. The van der Waals surface area contributed by atoms with Gasteiger partial charge in [-0.15, -0.1) is 0 Å². The van der Waals surface area contributed by atoms with Gasteiger partial charge < -0.3 is 0 Å². The molecule has 0 saturated carbocycles. The molecule has 0 atom stereocenters. The van der Waals surface area contributed by atoms with Gasteiger partial charge in [0, 0.05) is 0 Å². The number of nitrogens with zero attached hydrogens (tertiary/aromatic N) is 4. The SMILES string of the molecule is CCCCCCC1=CC(=NC#N)C(CCCCCC)=CC1=NC#N. The van der Waals surface area contributed by atoms with Crippen molar-refractivity contribution < 1.29 is 0 Å². The zero-order valence-corrected chi connectivity index (χ0v) is 15.0. The van der Waals surface area contributed by atoms with Crippen molar-refractivity contribution in [1.29, 1.82) is 10.5 Å². The molecule has 1 aliphatic rings. The highest BCUT2D eigenvalue weighted by Crippen LogP contribution is 2.23. The van der Waals surface area contributed by atoms with Crippen LogP contribution in [0.5, 0.6) is 0 Å². The van der Waals surface area contributed by atoms with E-state index in [4.69, 9.17) is 10.5 Å². The number of hydrogen-bond acceptors (Lipinski definition) is 4.